The monoisotopic (exact) mass is 290 g/mol. The molecule has 18 heavy (non-hydrogen) atoms. The van der Waals surface area contributed by atoms with Crippen LogP contribution in [0.5, 0.6) is 0 Å². The van der Waals surface area contributed by atoms with E-state index in [0.717, 1.165) is 22.6 Å². The van der Waals surface area contributed by atoms with Crippen LogP contribution in [-0.2, 0) is 22.5 Å². The summed E-state index contributed by atoms with van der Waals surface area (Å²) in [5.41, 5.74) is 0. The largest absolute Gasteiger partial charge is 0.212 e. The molecule has 0 aliphatic carbocycles. The summed E-state index contributed by atoms with van der Waals surface area (Å²) in [5, 5.41) is 0. The molecule has 0 saturated heterocycles. The molecule has 4 heteroatoms. The van der Waals surface area contributed by atoms with Crippen LogP contribution >= 0.6 is 0 Å². The second-order valence-corrected chi connectivity index (χ2v) is 6.61. The molecule has 0 bridgehead atoms. The van der Waals surface area contributed by atoms with E-state index in [-0.39, 0.29) is 0 Å². The summed E-state index contributed by atoms with van der Waals surface area (Å²) in [7, 11) is 0. The van der Waals surface area contributed by atoms with E-state index in [1.807, 2.05) is 13.8 Å². The van der Waals surface area contributed by atoms with Crippen molar-refractivity contribution >= 4 is 32.2 Å². The first-order valence-corrected chi connectivity index (χ1v) is 8.39. The summed E-state index contributed by atoms with van der Waals surface area (Å²) in [6.45, 7) is 6.00. The fraction of sp³-hybridized carbons (Fsp3) is 0.857. The maximum Gasteiger partial charge on any atom is 0.0876 e. The van der Waals surface area contributed by atoms with Crippen molar-refractivity contribution < 1.29 is 8.42 Å². The van der Waals surface area contributed by atoms with Crippen molar-refractivity contribution in [3.05, 3.63) is 0 Å². The quantitative estimate of drug-likeness (QED) is 0.455. The SMILES string of the molecule is CCCCCCCCC(CC(C)=S=O)C(C)=S=O. The molecule has 0 aliphatic rings. The van der Waals surface area contributed by atoms with E-state index in [9.17, 15) is 8.42 Å². The zero-order valence-electron chi connectivity index (χ0n) is 11.9. The normalized spacial score (nSPS) is 11.9. The van der Waals surface area contributed by atoms with Gasteiger partial charge in [0.1, 0.15) is 0 Å². The van der Waals surface area contributed by atoms with Crippen LogP contribution in [0.2, 0.25) is 0 Å². The highest BCUT2D eigenvalue weighted by molar-refractivity contribution is 7.67. The molecule has 0 amide bonds. The minimum atomic E-state index is 0.292. The standard InChI is InChI=1S/C14H26O2S2/c1-4-5-6-7-8-9-10-14(13(3)18-16)11-12(2)17-15/h14H,4-11H2,1-3H3. The summed E-state index contributed by atoms with van der Waals surface area (Å²) >= 11 is 1.17. The van der Waals surface area contributed by atoms with E-state index in [0.29, 0.717) is 28.4 Å². The van der Waals surface area contributed by atoms with E-state index < -0.39 is 0 Å². The van der Waals surface area contributed by atoms with Crippen molar-refractivity contribution in [2.24, 2.45) is 5.92 Å². The molecule has 2 nitrogen and oxygen atoms in total. The average Bonchev–Trinajstić information content (AvgIpc) is 2.40. The Morgan fingerprint density at radius 2 is 1.56 bits per heavy atom. The Hall–Kier alpha value is -0.220. The molecule has 0 aliphatic heterocycles. The lowest BCUT2D eigenvalue weighted by atomic mass is 9.93. The Labute approximate surface area is 119 Å². The van der Waals surface area contributed by atoms with Gasteiger partial charge < -0.3 is 0 Å². The Morgan fingerprint density at radius 1 is 0.944 bits per heavy atom. The second kappa shape index (κ2) is 11.8. The molecule has 0 heterocycles. The molecular formula is C14H26O2S2. The highest BCUT2D eigenvalue weighted by atomic mass is 32.1. The van der Waals surface area contributed by atoms with E-state index >= 15 is 0 Å². The molecule has 0 aromatic heterocycles. The topological polar surface area (TPSA) is 34.1 Å². The fourth-order valence-corrected chi connectivity index (χ4v) is 2.68. The van der Waals surface area contributed by atoms with Gasteiger partial charge in [-0.25, -0.2) is 8.42 Å². The van der Waals surface area contributed by atoms with E-state index in [2.05, 4.69) is 6.92 Å². The third kappa shape index (κ3) is 8.81. The Balaban J connectivity index is 4.03. The number of rotatable bonds is 10. The zero-order chi connectivity index (χ0) is 13.8. The van der Waals surface area contributed by atoms with Crippen LogP contribution in [0, 0.1) is 5.92 Å². The summed E-state index contributed by atoms with van der Waals surface area (Å²) in [6, 6.07) is 0. The van der Waals surface area contributed by atoms with Gasteiger partial charge in [-0.2, -0.15) is 0 Å². The van der Waals surface area contributed by atoms with Gasteiger partial charge in [0.05, 0.1) is 22.5 Å². The average molecular weight is 290 g/mol. The fourth-order valence-electron chi connectivity index (χ4n) is 2.07. The number of hydrogen-bond acceptors (Lipinski definition) is 2. The molecule has 0 N–H and O–H groups in total. The molecule has 0 spiro atoms. The third-order valence-electron chi connectivity index (χ3n) is 3.29. The molecular weight excluding hydrogens is 264 g/mol. The van der Waals surface area contributed by atoms with Crippen LogP contribution < -0.4 is 0 Å². The molecule has 0 aromatic carbocycles. The van der Waals surface area contributed by atoms with Crippen LogP contribution in [0.25, 0.3) is 0 Å². The lowest BCUT2D eigenvalue weighted by molar-refractivity contribution is 0.546. The molecule has 0 saturated carbocycles. The van der Waals surface area contributed by atoms with Gasteiger partial charge in [-0.3, -0.25) is 0 Å². The summed E-state index contributed by atoms with van der Waals surface area (Å²) in [5.74, 6) is 0.292. The number of unbranched alkanes of at least 4 members (excludes halogenated alkanes) is 5. The Bertz CT molecular complexity index is 327. The molecule has 1 atom stereocenters. The summed E-state index contributed by atoms with van der Waals surface area (Å²) < 4.78 is 21.6. The second-order valence-electron chi connectivity index (χ2n) is 4.94. The summed E-state index contributed by atoms with van der Waals surface area (Å²) in [4.78, 5) is 1.82. The van der Waals surface area contributed by atoms with Crippen molar-refractivity contribution in [1.82, 2.24) is 0 Å². The molecule has 0 rings (SSSR count). The predicted molar refractivity (Wildman–Crippen MR) is 83.7 cm³/mol. The van der Waals surface area contributed by atoms with E-state index in [1.165, 1.54) is 38.5 Å². The van der Waals surface area contributed by atoms with Crippen molar-refractivity contribution in [3.8, 4) is 0 Å². The van der Waals surface area contributed by atoms with Crippen LogP contribution in [0.3, 0.4) is 0 Å². The molecule has 106 valence electrons. The van der Waals surface area contributed by atoms with Crippen LogP contribution in [0.1, 0.15) is 72.1 Å². The van der Waals surface area contributed by atoms with Gasteiger partial charge in [-0.15, -0.1) is 0 Å². The molecule has 0 radical (unpaired) electrons. The minimum absolute atomic E-state index is 0.292. The zero-order valence-corrected chi connectivity index (χ0v) is 13.5. The maximum atomic E-state index is 10.9. The molecule has 1 unspecified atom stereocenters. The first-order valence-electron chi connectivity index (χ1n) is 6.91. The molecule has 0 fully saturated rings. The first-order chi connectivity index (χ1) is 8.65. The minimum Gasteiger partial charge on any atom is -0.212 e. The third-order valence-corrected chi connectivity index (χ3v) is 4.34. The van der Waals surface area contributed by atoms with Crippen LogP contribution in [-0.4, -0.2) is 18.1 Å². The lowest BCUT2D eigenvalue weighted by Crippen LogP contribution is -2.14. The van der Waals surface area contributed by atoms with E-state index in [4.69, 9.17) is 0 Å². The Morgan fingerprint density at radius 3 is 2.11 bits per heavy atom. The van der Waals surface area contributed by atoms with Crippen LogP contribution in [0.4, 0.5) is 0 Å². The van der Waals surface area contributed by atoms with Gasteiger partial charge in [0.2, 0.25) is 0 Å². The van der Waals surface area contributed by atoms with E-state index in [1.54, 1.807) is 0 Å². The van der Waals surface area contributed by atoms with Gasteiger partial charge in [0, 0.05) is 9.73 Å². The van der Waals surface area contributed by atoms with Gasteiger partial charge >= 0.3 is 0 Å². The summed E-state index contributed by atoms with van der Waals surface area (Å²) in [6.07, 6.45) is 9.45. The Kier molecular flexibility index (Phi) is 11.7. The smallest absolute Gasteiger partial charge is 0.0876 e. The van der Waals surface area contributed by atoms with Crippen molar-refractivity contribution in [2.45, 2.75) is 72.1 Å². The van der Waals surface area contributed by atoms with Crippen molar-refractivity contribution in [2.75, 3.05) is 0 Å². The van der Waals surface area contributed by atoms with Gasteiger partial charge in [-0.05, 0) is 32.6 Å². The van der Waals surface area contributed by atoms with Gasteiger partial charge in [0.15, 0.2) is 0 Å². The molecule has 0 aromatic rings. The van der Waals surface area contributed by atoms with Crippen molar-refractivity contribution in [3.63, 3.8) is 0 Å². The number of hydrogen-bond donors (Lipinski definition) is 0. The highest BCUT2D eigenvalue weighted by Gasteiger charge is 2.13. The van der Waals surface area contributed by atoms with Crippen molar-refractivity contribution in [1.29, 1.82) is 0 Å². The predicted octanol–water partition coefficient (Wildman–Crippen LogP) is 3.55. The van der Waals surface area contributed by atoms with Crippen LogP contribution in [0.15, 0.2) is 0 Å². The van der Waals surface area contributed by atoms with Gasteiger partial charge in [-0.1, -0.05) is 45.4 Å². The lowest BCUT2D eigenvalue weighted by Gasteiger charge is -2.14. The van der Waals surface area contributed by atoms with Gasteiger partial charge in [0.25, 0.3) is 0 Å². The highest BCUT2D eigenvalue weighted by Crippen LogP contribution is 2.17. The maximum absolute atomic E-state index is 10.9. The first kappa shape index (κ1) is 17.8.